The molecule has 5 heteroatoms. The summed E-state index contributed by atoms with van der Waals surface area (Å²) in [6, 6.07) is 2.93. The topological polar surface area (TPSA) is 42.2 Å². The first kappa shape index (κ1) is 14.8. The molecule has 1 aromatic carbocycles. The van der Waals surface area contributed by atoms with Gasteiger partial charge in [-0.3, -0.25) is 4.79 Å². The van der Waals surface area contributed by atoms with Gasteiger partial charge in [0.05, 0.1) is 10.0 Å². The third kappa shape index (κ3) is 2.63. The van der Waals surface area contributed by atoms with Gasteiger partial charge in [0.15, 0.2) is 0 Å². The fourth-order valence-corrected chi connectivity index (χ4v) is 2.44. The molecule has 0 saturated heterocycles. The molecule has 0 spiro atoms. The van der Waals surface area contributed by atoms with Crippen molar-refractivity contribution in [2.45, 2.75) is 27.7 Å². The van der Waals surface area contributed by atoms with E-state index in [4.69, 9.17) is 4.42 Å². The van der Waals surface area contributed by atoms with Crippen LogP contribution in [0.1, 0.15) is 33.0 Å². The molecule has 2 aromatic rings. The van der Waals surface area contributed by atoms with E-state index in [1.165, 1.54) is 6.07 Å². The zero-order valence-corrected chi connectivity index (χ0v) is 13.3. The molecular weight excluding hydrogens is 325 g/mol. The van der Waals surface area contributed by atoms with Crippen molar-refractivity contribution in [1.82, 2.24) is 0 Å². The lowest BCUT2D eigenvalue weighted by Gasteiger charge is -2.09. The molecule has 0 atom stereocenters. The number of amides is 1. The maximum atomic E-state index is 13.4. The second kappa shape index (κ2) is 5.40. The van der Waals surface area contributed by atoms with Gasteiger partial charge >= 0.3 is 0 Å². The number of hydrogen-bond donors (Lipinski definition) is 1. The largest absolute Gasteiger partial charge is 0.466 e. The molecule has 0 aliphatic rings. The van der Waals surface area contributed by atoms with Crippen LogP contribution in [0, 0.1) is 33.5 Å². The van der Waals surface area contributed by atoms with Gasteiger partial charge in [-0.25, -0.2) is 4.39 Å². The van der Waals surface area contributed by atoms with Crippen LogP contribution in [-0.2, 0) is 0 Å². The minimum Gasteiger partial charge on any atom is -0.466 e. The van der Waals surface area contributed by atoms with Crippen LogP contribution in [0.25, 0.3) is 0 Å². The number of furan rings is 1. The molecule has 20 heavy (non-hydrogen) atoms. The first-order chi connectivity index (χ1) is 9.31. The molecule has 1 aromatic heterocycles. The standard InChI is InChI=1S/C15H15BrFNO2/c1-7-5-12(17)11(16)6-13(7)18-15(19)14-8(2)9(3)20-10(14)4/h5-6H,1-4H3,(H,18,19). The second-order valence-corrected chi connectivity index (χ2v) is 5.60. The van der Waals surface area contributed by atoms with Crippen molar-refractivity contribution in [3.05, 3.63) is 50.6 Å². The molecule has 0 fully saturated rings. The molecule has 0 unspecified atom stereocenters. The van der Waals surface area contributed by atoms with E-state index >= 15 is 0 Å². The van der Waals surface area contributed by atoms with Crippen LogP contribution in [0.2, 0.25) is 0 Å². The highest BCUT2D eigenvalue weighted by Crippen LogP contribution is 2.26. The van der Waals surface area contributed by atoms with Crippen LogP contribution in [-0.4, -0.2) is 5.91 Å². The minimum atomic E-state index is -0.355. The average molecular weight is 340 g/mol. The van der Waals surface area contributed by atoms with Crippen LogP contribution in [0.15, 0.2) is 21.0 Å². The Morgan fingerprint density at radius 3 is 2.40 bits per heavy atom. The number of anilines is 1. The van der Waals surface area contributed by atoms with Gasteiger partial charge in [0, 0.05) is 11.3 Å². The maximum absolute atomic E-state index is 13.4. The lowest BCUT2D eigenvalue weighted by Crippen LogP contribution is -2.14. The molecule has 1 amide bonds. The predicted molar refractivity (Wildman–Crippen MR) is 79.7 cm³/mol. The molecule has 0 bridgehead atoms. The molecule has 106 valence electrons. The number of benzene rings is 1. The smallest absolute Gasteiger partial charge is 0.259 e. The summed E-state index contributed by atoms with van der Waals surface area (Å²) in [5, 5.41) is 2.79. The highest BCUT2D eigenvalue weighted by Gasteiger charge is 2.19. The summed E-state index contributed by atoms with van der Waals surface area (Å²) < 4.78 is 19.1. The van der Waals surface area contributed by atoms with Crippen LogP contribution < -0.4 is 5.32 Å². The number of carbonyl (C=O) groups is 1. The first-order valence-corrected chi connectivity index (χ1v) is 6.94. The van der Waals surface area contributed by atoms with Gasteiger partial charge in [-0.05, 0) is 61.3 Å². The van der Waals surface area contributed by atoms with Gasteiger partial charge in [-0.1, -0.05) is 0 Å². The quantitative estimate of drug-likeness (QED) is 0.863. The molecule has 2 rings (SSSR count). The SMILES string of the molecule is Cc1cc(F)c(Br)cc1NC(=O)c1c(C)oc(C)c1C. The fourth-order valence-electron chi connectivity index (χ4n) is 2.09. The van der Waals surface area contributed by atoms with Gasteiger partial charge in [0.2, 0.25) is 0 Å². The molecule has 0 radical (unpaired) electrons. The van der Waals surface area contributed by atoms with Crippen molar-refractivity contribution in [2.24, 2.45) is 0 Å². The minimum absolute atomic E-state index is 0.251. The third-order valence-corrected chi connectivity index (χ3v) is 3.91. The normalized spacial score (nSPS) is 10.7. The van der Waals surface area contributed by atoms with E-state index in [9.17, 15) is 9.18 Å². The van der Waals surface area contributed by atoms with E-state index < -0.39 is 0 Å². The molecule has 0 aliphatic heterocycles. The summed E-state index contributed by atoms with van der Waals surface area (Å²) in [4.78, 5) is 12.3. The summed E-state index contributed by atoms with van der Waals surface area (Å²) >= 11 is 3.11. The average Bonchev–Trinajstić information content (AvgIpc) is 2.60. The predicted octanol–water partition coefficient (Wildman–Crippen LogP) is 4.67. The van der Waals surface area contributed by atoms with E-state index in [1.807, 2.05) is 13.8 Å². The van der Waals surface area contributed by atoms with Gasteiger partial charge < -0.3 is 9.73 Å². The van der Waals surface area contributed by atoms with Crippen LogP contribution in [0.4, 0.5) is 10.1 Å². The third-order valence-electron chi connectivity index (χ3n) is 3.30. The summed E-state index contributed by atoms with van der Waals surface area (Å²) in [6.45, 7) is 7.15. The Bertz CT molecular complexity index is 692. The molecule has 1 heterocycles. The number of halogens is 2. The molecule has 1 N–H and O–H groups in total. The maximum Gasteiger partial charge on any atom is 0.259 e. The molecule has 0 saturated carbocycles. The molecule has 3 nitrogen and oxygen atoms in total. The highest BCUT2D eigenvalue weighted by molar-refractivity contribution is 9.10. The van der Waals surface area contributed by atoms with Crippen molar-refractivity contribution >= 4 is 27.5 Å². The van der Waals surface area contributed by atoms with Crippen molar-refractivity contribution < 1.29 is 13.6 Å². The zero-order valence-electron chi connectivity index (χ0n) is 11.7. The number of aryl methyl sites for hydroxylation is 3. The van der Waals surface area contributed by atoms with Crippen LogP contribution >= 0.6 is 15.9 Å². The monoisotopic (exact) mass is 339 g/mol. The molecular formula is C15H15BrFNO2. The van der Waals surface area contributed by atoms with Crippen molar-refractivity contribution in [3.63, 3.8) is 0 Å². The summed E-state index contributed by atoms with van der Waals surface area (Å²) in [5.41, 5.74) is 2.58. The summed E-state index contributed by atoms with van der Waals surface area (Å²) in [5.74, 6) is 0.700. The van der Waals surface area contributed by atoms with Crippen molar-refractivity contribution in [3.8, 4) is 0 Å². The Morgan fingerprint density at radius 1 is 1.20 bits per heavy atom. The fraction of sp³-hybridized carbons (Fsp3) is 0.267. The van der Waals surface area contributed by atoms with E-state index in [0.717, 1.165) is 11.3 Å². The van der Waals surface area contributed by atoms with Gasteiger partial charge in [0.25, 0.3) is 5.91 Å². The van der Waals surface area contributed by atoms with Gasteiger partial charge in [-0.2, -0.15) is 0 Å². The zero-order chi connectivity index (χ0) is 15.0. The number of rotatable bonds is 2. The van der Waals surface area contributed by atoms with Crippen LogP contribution in [0.3, 0.4) is 0 Å². The van der Waals surface area contributed by atoms with Gasteiger partial charge in [-0.15, -0.1) is 0 Å². The Hall–Kier alpha value is -1.62. The Labute approximate surface area is 125 Å². The Morgan fingerprint density at radius 2 is 1.85 bits per heavy atom. The highest BCUT2D eigenvalue weighted by atomic mass is 79.9. The van der Waals surface area contributed by atoms with Crippen molar-refractivity contribution in [1.29, 1.82) is 0 Å². The molecule has 0 aliphatic carbocycles. The van der Waals surface area contributed by atoms with E-state index in [0.29, 0.717) is 27.0 Å². The van der Waals surface area contributed by atoms with Gasteiger partial charge in [0.1, 0.15) is 17.3 Å². The lowest BCUT2D eigenvalue weighted by molar-refractivity contribution is 0.102. The Kier molecular flexibility index (Phi) is 3.99. The van der Waals surface area contributed by atoms with Crippen molar-refractivity contribution in [2.75, 3.05) is 5.32 Å². The van der Waals surface area contributed by atoms with E-state index in [2.05, 4.69) is 21.2 Å². The number of carbonyl (C=O) groups excluding carboxylic acids is 1. The first-order valence-electron chi connectivity index (χ1n) is 6.15. The second-order valence-electron chi connectivity index (χ2n) is 4.75. The van der Waals surface area contributed by atoms with E-state index in [-0.39, 0.29) is 11.7 Å². The van der Waals surface area contributed by atoms with E-state index in [1.54, 1.807) is 19.9 Å². The van der Waals surface area contributed by atoms with Crippen LogP contribution in [0.5, 0.6) is 0 Å². The lowest BCUT2D eigenvalue weighted by atomic mass is 10.1. The summed E-state index contributed by atoms with van der Waals surface area (Å²) in [6.07, 6.45) is 0. The number of nitrogens with one attached hydrogen (secondary N) is 1. The summed E-state index contributed by atoms with van der Waals surface area (Å²) in [7, 11) is 0. The number of hydrogen-bond acceptors (Lipinski definition) is 2. The Balaban J connectivity index is 2.35.